The number of hydrogen-bond acceptors (Lipinski definition) is 2. The Bertz CT molecular complexity index is 323. The second-order valence-corrected chi connectivity index (χ2v) is 5.06. The molecule has 0 amide bonds. The molecule has 0 aliphatic heterocycles. The van der Waals surface area contributed by atoms with Crippen LogP contribution in [0.2, 0.25) is 0 Å². The van der Waals surface area contributed by atoms with E-state index in [1.54, 1.807) is 0 Å². The Morgan fingerprint density at radius 3 is 2.67 bits per heavy atom. The Labute approximate surface area is 108 Å². The Kier molecular flexibility index (Phi) is 5.29. The SMILES string of the molecule is CCc1nn(C)c(CNC(C)CBr)c1Br. The van der Waals surface area contributed by atoms with E-state index in [1.807, 2.05) is 11.7 Å². The molecule has 0 aromatic carbocycles. The molecule has 1 aromatic heterocycles. The van der Waals surface area contributed by atoms with Crippen LogP contribution in [-0.2, 0) is 20.0 Å². The van der Waals surface area contributed by atoms with E-state index in [0.717, 1.165) is 28.5 Å². The summed E-state index contributed by atoms with van der Waals surface area (Å²) in [6, 6.07) is 0.469. The fourth-order valence-corrected chi connectivity index (χ4v) is 2.32. The van der Waals surface area contributed by atoms with Gasteiger partial charge in [-0.15, -0.1) is 0 Å². The first kappa shape index (κ1) is 13.2. The van der Waals surface area contributed by atoms with Gasteiger partial charge in [-0.3, -0.25) is 4.68 Å². The lowest BCUT2D eigenvalue weighted by atomic mass is 10.3. The van der Waals surface area contributed by atoms with Crippen LogP contribution in [0.4, 0.5) is 0 Å². The zero-order valence-electron chi connectivity index (χ0n) is 9.35. The van der Waals surface area contributed by atoms with Gasteiger partial charge in [-0.1, -0.05) is 22.9 Å². The topological polar surface area (TPSA) is 29.9 Å². The van der Waals surface area contributed by atoms with Crippen LogP contribution in [0.15, 0.2) is 4.47 Å². The largest absolute Gasteiger partial charge is 0.308 e. The van der Waals surface area contributed by atoms with Crippen LogP contribution in [0.25, 0.3) is 0 Å². The van der Waals surface area contributed by atoms with Crippen LogP contribution in [-0.4, -0.2) is 21.2 Å². The van der Waals surface area contributed by atoms with Gasteiger partial charge in [0.25, 0.3) is 0 Å². The van der Waals surface area contributed by atoms with Crippen molar-refractivity contribution >= 4 is 31.9 Å². The third-order valence-electron chi connectivity index (χ3n) is 2.35. The molecule has 1 atom stereocenters. The lowest BCUT2D eigenvalue weighted by molar-refractivity contribution is 0.565. The van der Waals surface area contributed by atoms with Crippen molar-refractivity contribution in [3.63, 3.8) is 0 Å². The normalized spacial score (nSPS) is 13.1. The smallest absolute Gasteiger partial charge is 0.0767 e. The zero-order valence-corrected chi connectivity index (χ0v) is 12.5. The van der Waals surface area contributed by atoms with E-state index in [4.69, 9.17) is 0 Å². The molecule has 0 saturated heterocycles. The van der Waals surface area contributed by atoms with Crippen molar-refractivity contribution in [3.05, 3.63) is 15.9 Å². The van der Waals surface area contributed by atoms with Crippen LogP contribution < -0.4 is 5.32 Å². The van der Waals surface area contributed by atoms with Gasteiger partial charge in [0.2, 0.25) is 0 Å². The maximum atomic E-state index is 4.45. The molecule has 1 N–H and O–H groups in total. The molecule has 15 heavy (non-hydrogen) atoms. The average molecular weight is 339 g/mol. The van der Waals surface area contributed by atoms with Gasteiger partial charge in [0.1, 0.15) is 0 Å². The molecule has 0 radical (unpaired) electrons. The van der Waals surface area contributed by atoms with Gasteiger partial charge in [0.05, 0.1) is 15.9 Å². The molecule has 86 valence electrons. The summed E-state index contributed by atoms with van der Waals surface area (Å²) >= 11 is 7.05. The van der Waals surface area contributed by atoms with E-state index in [0.29, 0.717) is 6.04 Å². The van der Waals surface area contributed by atoms with Crippen molar-refractivity contribution in [2.75, 3.05) is 5.33 Å². The molecule has 0 aliphatic rings. The van der Waals surface area contributed by atoms with Crippen LogP contribution in [0.1, 0.15) is 25.2 Å². The zero-order chi connectivity index (χ0) is 11.4. The Morgan fingerprint density at radius 1 is 1.53 bits per heavy atom. The van der Waals surface area contributed by atoms with Crippen molar-refractivity contribution in [2.24, 2.45) is 7.05 Å². The first-order chi connectivity index (χ1) is 7.10. The van der Waals surface area contributed by atoms with Gasteiger partial charge in [0, 0.05) is 25.0 Å². The summed E-state index contributed by atoms with van der Waals surface area (Å²) in [5.41, 5.74) is 2.33. The lowest BCUT2D eigenvalue weighted by Crippen LogP contribution is -2.27. The molecule has 1 rings (SSSR count). The number of aromatic nitrogens is 2. The fraction of sp³-hybridized carbons (Fsp3) is 0.700. The maximum absolute atomic E-state index is 4.45. The highest BCUT2D eigenvalue weighted by molar-refractivity contribution is 9.10. The highest BCUT2D eigenvalue weighted by atomic mass is 79.9. The van der Waals surface area contributed by atoms with E-state index >= 15 is 0 Å². The summed E-state index contributed by atoms with van der Waals surface area (Å²) in [5.74, 6) is 0. The number of nitrogens with one attached hydrogen (secondary N) is 1. The van der Waals surface area contributed by atoms with Crippen molar-refractivity contribution in [3.8, 4) is 0 Å². The van der Waals surface area contributed by atoms with E-state index in [9.17, 15) is 0 Å². The minimum Gasteiger partial charge on any atom is -0.308 e. The van der Waals surface area contributed by atoms with Crippen molar-refractivity contribution in [1.29, 1.82) is 0 Å². The molecular formula is C10H17Br2N3. The third kappa shape index (κ3) is 3.29. The molecule has 1 aromatic rings. The molecule has 0 spiro atoms. The van der Waals surface area contributed by atoms with Crippen molar-refractivity contribution in [2.45, 2.75) is 32.9 Å². The van der Waals surface area contributed by atoms with Crippen LogP contribution in [0.3, 0.4) is 0 Å². The van der Waals surface area contributed by atoms with Crippen molar-refractivity contribution < 1.29 is 0 Å². The second-order valence-electron chi connectivity index (χ2n) is 3.62. The summed E-state index contributed by atoms with van der Waals surface area (Å²) in [5, 5.41) is 8.84. The molecule has 0 saturated carbocycles. The minimum absolute atomic E-state index is 0.469. The third-order valence-corrected chi connectivity index (χ3v) is 4.24. The number of rotatable bonds is 5. The average Bonchev–Trinajstić information content (AvgIpc) is 2.51. The van der Waals surface area contributed by atoms with Crippen molar-refractivity contribution in [1.82, 2.24) is 15.1 Å². The van der Waals surface area contributed by atoms with Gasteiger partial charge in [-0.05, 0) is 29.3 Å². The summed E-state index contributed by atoms with van der Waals surface area (Å²) in [7, 11) is 1.99. The Hall–Kier alpha value is 0.130. The lowest BCUT2D eigenvalue weighted by Gasteiger charge is -2.10. The molecule has 5 heteroatoms. The minimum atomic E-state index is 0.469. The molecular weight excluding hydrogens is 322 g/mol. The van der Waals surface area contributed by atoms with E-state index < -0.39 is 0 Å². The summed E-state index contributed by atoms with van der Waals surface area (Å²) in [6.45, 7) is 5.11. The van der Waals surface area contributed by atoms with E-state index in [1.165, 1.54) is 5.69 Å². The number of hydrogen-bond donors (Lipinski definition) is 1. The maximum Gasteiger partial charge on any atom is 0.0767 e. The monoisotopic (exact) mass is 337 g/mol. The molecule has 0 bridgehead atoms. The predicted molar refractivity (Wildman–Crippen MR) is 70.4 cm³/mol. The first-order valence-electron chi connectivity index (χ1n) is 5.09. The van der Waals surface area contributed by atoms with Crippen LogP contribution in [0.5, 0.6) is 0 Å². The Morgan fingerprint density at radius 2 is 2.20 bits per heavy atom. The summed E-state index contributed by atoms with van der Waals surface area (Å²) < 4.78 is 3.08. The quantitative estimate of drug-likeness (QED) is 0.836. The van der Waals surface area contributed by atoms with Gasteiger partial charge >= 0.3 is 0 Å². The van der Waals surface area contributed by atoms with Crippen LogP contribution in [0, 0.1) is 0 Å². The summed E-state index contributed by atoms with van der Waals surface area (Å²) in [6.07, 6.45) is 0.961. The van der Waals surface area contributed by atoms with Gasteiger partial charge in [-0.25, -0.2) is 0 Å². The highest BCUT2D eigenvalue weighted by Gasteiger charge is 2.12. The highest BCUT2D eigenvalue weighted by Crippen LogP contribution is 2.21. The second kappa shape index (κ2) is 6.01. The molecule has 0 aliphatic carbocycles. The van der Waals surface area contributed by atoms with E-state index in [-0.39, 0.29) is 0 Å². The number of nitrogens with zero attached hydrogens (tertiary/aromatic N) is 2. The molecule has 0 fully saturated rings. The molecule has 1 heterocycles. The number of aryl methyl sites for hydroxylation is 2. The predicted octanol–water partition coefficient (Wildman–Crippen LogP) is 2.62. The molecule has 1 unspecified atom stereocenters. The number of halogens is 2. The van der Waals surface area contributed by atoms with Crippen LogP contribution >= 0.6 is 31.9 Å². The standard InChI is InChI=1S/C10H17Br2N3/c1-4-8-10(12)9(15(3)14-8)6-13-7(2)5-11/h7,13H,4-6H2,1-3H3. The van der Waals surface area contributed by atoms with E-state index in [2.05, 4.69) is 56.1 Å². The van der Waals surface area contributed by atoms with Gasteiger partial charge in [0.15, 0.2) is 0 Å². The first-order valence-corrected chi connectivity index (χ1v) is 7.01. The molecule has 3 nitrogen and oxygen atoms in total. The van der Waals surface area contributed by atoms with Gasteiger partial charge in [-0.2, -0.15) is 5.10 Å². The van der Waals surface area contributed by atoms with Gasteiger partial charge < -0.3 is 5.32 Å². The summed E-state index contributed by atoms with van der Waals surface area (Å²) in [4.78, 5) is 0. The Balaban J connectivity index is 2.72. The fourth-order valence-electron chi connectivity index (χ4n) is 1.34. The number of alkyl halides is 1.